The lowest BCUT2D eigenvalue weighted by atomic mass is 10.1. The summed E-state index contributed by atoms with van der Waals surface area (Å²) in [6, 6.07) is 7.05. The third kappa shape index (κ3) is 3.10. The monoisotopic (exact) mass is 300 g/mol. The second-order valence-electron chi connectivity index (χ2n) is 5.81. The molecule has 2 aliphatic heterocycles. The third-order valence-electron chi connectivity index (χ3n) is 4.34. The van der Waals surface area contributed by atoms with E-state index in [1.165, 1.54) is 12.5 Å². The Morgan fingerprint density at radius 1 is 1.19 bits per heavy atom. The van der Waals surface area contributed by atoms with E-state index in [-0.39, 0.29) is 11.8 Å². The maximum absolute atomic E-state index is 12.6. The van der Waals surface area contributed by atoms with Gasteiger partial charge in [-0.05, 0) is 38.4 Å². The number of ether oxygens (including phenoxy) is 1. The predicted octanol–water partition coefficient (Wildman–Crippen LogP) is 3.26. The van der Waals surface area contributed by atoms with Crippen molar-refractivity contribution in [2.24, 2.45) is 0 Å². The van der Waals surface area contributed by atoms with Crippen molar-refractivity contribution in [2.45, 2.75) is 38.2 Å². The van der Waals surface area contributed by atoms with Gasteiger partial charge in [0.05, 0.1) is 5.69 Å². The van der Waals surface area contributed by atoms with Crippen LogP contribution in [0.4, 0.5) is 18.9 Å². The molecule has 2 saturated heterocycles. The van der Waals surface area contributed by atoms with Crippen LogP contribution in [0.2, 0.25) is 0 Å². The molecule has 6 heteroatoms. The number of anilines is 1. The van der Waals surface area contributed by atoms with Crippen molar-refractivity contribution in [3.63, 3.8) is 0 Å². The van der Waals surface area contributed by atoms with E-state index in [0.717, 1.165) is 26.1 Å². The molecule has 0 aliphatic carbocycles. The van der Waals surface area contributed by atoms with Gasteiger partial charge >= 0.3 is 6.36 Å². The quantitative estimate of drug-likeness (QED) is 0.834. The van der Waals surface area contributed by atoms with Gasteiger partial charge in [-0.15, -0.1) is 13.2 Å². The Labute approximate surface area is 122 Å². The van der Waals surface area contributed by atoms with Crippen LogP contribution in [0.25, 0.3) is 0 Å². The highest BCUT2D eigenvalue weighted by Gasteiger charge is 2.37. The molecule has 0 amide bonds. The Kier molecular flexibility index (Phi) is 3.73. The molecule has 3 rings (SSSR count). The molecule has 0 aromatic heterocycles. The molecule has 2 aliphatic rings. The number of alkyl halides is 3. The zero-order valence-electron chi connectivity index (χ0n) is 11.9. The normalized spacial score (nSPS) is 26.8. The molecule has 2 atom stereocenters. The van der Waals surface area contributed by atoms with Crippen molar-refractivity contribution in [2.75, 3.05) is 24.5 Å². The number of hydrogen-bond acceptors (Lipinski definition) is 3. The lowest BCUT2D eigenvalue weighted by molar-refractivity contribution is -0.274. The summed E-state index contributed by atoms with van der Waals surface area (Å²) in [5.74, 6) is -0.108. The van der Waals surface area contributed by atoms with Crippen LogP contribution in [0.15, 0.2) is 24.3 Å². The molecular weight excluding hydrogens is 281 g/mol. The van der Waals surface area contributed by atoms with Crippen LogP contribution < -0.4 is 9.64 Å². The number of nitrogens with zero attached hydrogens (tertiary/aromatic N) is 2. The first-order chi connectivity index (χ1) is 9.94. The molecule has 116 valence electrons. The maximum atomic E-state index is 12.6. The fourth-order valence-electron chi connectivity index (χ4n) is 3.43. The molecule has 0 N–H and O–H groups in total. The first kappa shape index (κ1) is 14.5. The summed E-state index contributed by atoms with van der Waals surface area (Å²) in [7, 11) is 0. The average Bonchev–Trinajstić information content (AvgIpc) is 2.84. The van der Waals surface area contributed by atoms with Crippen LogP contribution in [0.3, 0.4) is 0 Å². The van der Waals surface area contributed by atoms with Crippen LogP contribution in [0.1, 0.15) is 19.8 Å². The van der Waals surface area contributed by atoms with Crippen molar-refractivity contribution in [1.29, 1.82) is 0 Å². The number of para-hydroxylation sites is 2. The number of fused-ring (bicyclic) bond motifs is 1. The summed E-state index contributed by atoms with van der Waals surface area (Å²) in [6.07, 6.45) is -2.37. The van der Waals surface area contributed by atoms with Crippen LogP contribution >= 0.6 is 0 Å². The van der Waals surface area contributed by atoms with Gasteiger partial charge in [-0.2, -0.15) is 0 Å². The largest absolute Gasteiger partial charge is 0.573 e. The van der Waals surface area contributed by atoms with E-state index in [4.69, 9.17) is 0 Å². The predicted molar refractivity (Wildman–Crippen MR) is 74.5 cm³/mol. The van der Waals surface area contributed by atoms with E-state index >= 15 is 0 Å². The fraction of sp³-hybridized carbons (Fsp3) is 0.600. The SMILES string of the molecule is CC1CN2CCCC2CN1c1ccccc1OC(F)(F)F. The van der Waals surface area contributed by atoms with Crippen molar-refractivity contribution < 1.29 is 17.9 Å². The van der Waals surface area contributed by atoms with Crippen molar-refractivity contribution >= 4 is 5.69 Å². The fourth-order valence-corrected chi connectivity index (χ4v) is 3.43. The second kappa shape index (κ2) is 5.40. The minimum Gasteiger partial charge on any atom is -0.404 e. The Bertz CT molecular complexity index is 506. The number of rotatable bonds is 2. The van der Waals surface area contributed by atoms with Gasteiger partial charge in [-0.1, -0.05) is 12.1 Å². The van der Waals surface area contributed by atoms with Crippen molar-refractivity contribution in [3.05, 3.63) is 24.3 Å². The van der Waals surface area contributed by atoms with E-state index in [9.17, 15) is 13.2 Å². The third-order valence-corrected chi connectivity index (χ3v) is 4.34. The molecule has 0 bridgehead atoms. The van der Waals surface area contributed by atoms with E-state index in [1.807, 2.05) is 4.90 Å². The number of piperazine rings is 1. The van der Waals surface area contributed by atoms with Crippen LogP contribution in [-0.4, -0.2) is 43.0 Å². The van der Waals surface area contributed by atoms with E-state index in [1.54, 1.807) is 18.2 Å². The summed E-state index contributed by atoms with van der Waals surface area (Å²) in [5.41, 5.74) is 0.536. The van der Waals surface area contributed by atoms with Crippen molar-refractivity contribution in [1.82, 2.24) is 4.90 Å². The molecular formula is C15H19F3N2O. The van der Waals surface area contributed by atoms with Gasteiger partial charge in [0.15, 0.2) is 5.75 Å². The lowest BCUT2D eigenvalue weighted by Gasteiger charge is -2.44. The summed E-state index contributed by atoms with van der Waals surface area (Å²) in [4.78, 5) is 4.49. The van der Waals surface area contributed by atoms with Gasteiger partial charge < -0.3 is 9.64 Å². The molecule has 0 radical (unpaired) electrons. The summed E-state index contributed by atoms with van der Waals surface area (Å²) in [6.45, 7) is 4.81. The minimum atomic E-state index is -4.66. The standard InChI is InChI=1S/C15H19F3N2O/c1-11-9-19-8-4-5-12(19)10-20(11)13-6-2-3-7-14(13)21-15(16,17)18/h2-3,6-7,11-12H,4-5,8-10H2,1H3. The van der Waals surface area contributed by atoms with Gasteiger partial charge in [0.2, 0.25) is 0 Å². The van der Waals surface area contributed by atoms with Gasteiger partial charge in [0.1, 0.15) is 0 Å². The zero-order chi connectivity index (χ0) is 15.0. The van der Waals surface area contributed by atoms with E-state index < -0.39 is 6.36 Å². The number of halogens is 3. The van der Waals surface area contributed by atoms with Crippen molar-refractivity contribution in [3.8, 4) is 5.75 Å². The molecule has 1 aromatic rings. The molecule has 0 saturated carbocycles. The molecule has 1 aromatic carbocycles. The highest BCUT2D eigenvalue weighted by molar-refractivity contribution is 5.59. The molecule has 2 fully saturated rings. The smallest absolute Gasteiger partial charge is 0.404 e. The Hall–Kier alpha value is -1.43. The number of benzene rings is 1. The first-order valence-electron chi connectivity index (χ1n) is 7.29. The summed E-state index contributed by atoms with van der Waals surface area (Å²) >= 11 is 0. The van der Waals surface area contributed by atoms with E-state index in [2.05, 4.69) is 16.6 Å². The lowest BCUT2D eigenvalue weighted by Crippen LogP contribution is -2.55. The second-order valence-corrected chi connectivity index (χ2v) is 5.81. The minimum absolute atomic E-state index is 0.108. The van der Waals surface area contributed by atoms with Crippen LogP contribution in [0.5, 0.6) is 5.75 Å². The molecule has 3 nitrogen and oxygen atoms in total. The van der Waals surface area contributed by atoms with Gasteiger partial charge in [0.25, 0.3) is 0 Å². The van der Waals surface area contributed by atoms with Gasteiger partial charge in [-0.3, -0.25) is 4.90 Å². The molecule has 2 heterocycles. The Morgan fingerprint density at radius 2 is 1.95 bits per heavy atom. The highest BCUT2D eigenvalue weighted by atomic mass is 19.4. The van der Waals surface area contributed by atoms with Crippen LogP contribution in [0, 0.1) is 0 Å². The first-order valence-corrected chi connectivity index (χ1v) is 7.29. The highest BCUT2D eigenvalue weighted by Crippen LogP contribution is 2.36. The molecule has 0 spiro atoms. The molecule has 21 heavy (non-hydrogen) atoms. The summed E-state index contributed by atoms with van der Waals surface area (Å²) < 4.78 is 41.8. The Morgan fingerprint density at radius 3 is 2.71 bits per heavy atom. The number of hydrogen-bond donors (Lipinski definition) is 0. The van der Waals surface area contributed by atoms with E-state index in [0.29, 0.717) is 11.7 Å². The molecule has 2 unspecified atom stereocenters. The average molecular weight is 300 g/mol. The van der Waals surface area contributed by atoms with Gasteiger partial charge in [0, 0.05) is 25.2 Å². The zero-order valence-corrected chi connectivity index (χ0v) is 11.9. The maximum Gasteiger partial charge on any atom is 0.573 e. The topological polar surface area (TPSA) is 15.7 Å². The van der Waals surface area contributed by atoms with Crippen LogP contribution in [-0.2, 0) is 0 Å². The summed E-state index contributed by atoms with van der Waals surface area (Å²) in [5, 5.41) is 0. The van der Waals surface area contributed by atoms with Gasteiger partial charge in [-0.25, -0.2) is 0 Å². The Balaban J connectivity index is 1.85.